The van der Waals surface area contributed by atoms with Crippen LogP contribution < -0.4 is 15.4 Å². The number of amides is 2. The van der Waals surface area contributed by atoms with Gasteiger partial charge in [-0.25, -0.2) is 4.98 Å². The van der Waals surface area contributed by atoms with Gasteiger partial charge in [0.1, 0.15) is 5.75 Å². The van der Waals surface area contributed by atoms with Crippen LogP contribution in [0.4, 0.5) is 10.8 Å². The van der Waals surface area contributed by atoms with Crippen molar-refractivity contribution in [2.75, 3.05) is 10.6 Å². The molecule has 2 aromatic carbocycles. The number of aromatic nitrogens is 1. The van der Waals surface area contributed by atoms with E-state index in [2.05, 4.69) is 36.4 Å². The molecule has 0 bridgehead atoms. The number of hydrogen-bond acceptors (Lipinski definition) is 5. The van der Waals surface area contributed by atoms with Gasteiger partial charge in [-0.3, -0.25) is 9.59 Å². The fourth-order valence-corrected chi connectivity index (χ4v) is 4.03. The molecule has 0 aliphatic carbocycles. The van der Waals surface area contributed by atoms with E-state index in [9.17, 15) is 9.59 Å². The van der Waals surface area contributed by atoms with Gasteiger partial charge in [-0.05, 0) is 61.6 Å². The number of fused-ring (bicyclic) bond motifs is 1. The molecule has 0 saturated heterocycles. The Balaban J connectivity index is 1.68. The van der Waals surface area contributed by atoms with Crippen molar-refractivity contribution in [3.8, 4) is 5.75 Å². The van der Waals surface area contributed by atoms with Crippen molar-refractivity contribution in [2.24, 2.45) is 0 Å². The van der Waals surface area contributed by atoms with Crippen LogP contribution in [0.5, 0.6) is 5.75 Å². The Morgan fingerprint density at radius 3 is 2.31 bits per heavy atom. The molecule has 0 fully saturated rings. The molecule has 2 N–H and O–H groups in total. The summed E-state index contributed by atoms with van der Waals surface area (Å²) >= 11 is 1.38. The second kappa shape index (κ2) is 9.28. The van der Waals surface area contributed by atoms with E-state index in [1.165, 1.54) is 16.9 Å². The Kier molecular flexibility index (Phi) is 6.88. The lowest BCUT2D eigenvalue weighted by Gasteiger charge is -2.26. The highest BCUT2D eigenvalue weighted by molar-refractivity contribution is 7.22. The van der Waals surface area contributed by atoms with Crippen molar-refractivity contribution in [3.05, 3.63) is 48.0 Å². The Hall–Kier alpha value is -2.93. The summed E-state index contributed by atoms with van der Waals surface area (Å²) in [4.78, 5) is 29.2. The van der Waals surface area contributed by atoms with Gasteiger partial charge in [0.05, 0.1) is 10.2 Å². The van der Waals surface area contributed by atoms with Gasteiger partial charge in [-0.15, -0.1) is 0 Å². The first-order valence-corrected chi connectivity index (χ1v) is 11.6. The lowest BCUT2D eigenvalue weighted by Crippen LogP contribution is -2.42. The van der Waals surface area contributed by atoms with E-state index in [1.807, 2.05) is 43.3 Å². The quantitative estimate of drug-likeness (QED) is 0.451. The molecular weight excluding hydrogens is 422 g/mol. The molecule has 6 nitrogen and oxygen atoms in total. The van der Waals surface area contributed by atoms with Crippen molar-refractivity contribution in [3.63, 3.8) is 0 Å². The minimum absolute atomic E-state index is 0.0467. The number of nitrogens with zero attached hydrogens (tertiary/aromatic N) is 1. The molecule has 0 aliphatic heterocycles. The van der Waals surface area contributed by atoms with Crippen molar-refractivity contribution in [2.45, 2.75) is 65.4 Å². The van der Waals surface area contributed by atoms with Gasteiger partial charge in [-0.2, -0.15) is 0 Å². The summed E-state index contributed by atoms with van der Waals surface area (Å²) in [5.74, 6) is 0.343. The lowest BCUT2D eigenvalue weighted by atomic mass is 9.87. The van der Waals surface area contributed by atoms with Gasteiger partial charge < -0.3 is 15.4 Å². The van der Waals surface area contributed by atoms with Gasteiger partial charge in [0.2, 0.25) is 5.91 Å². The molecule has 32 heavy (non-hydrogen) atoms. The average Bonchev–Trinajstić information content (AvgIpc) is 3.08. The molecule has 0 saturated carbocycles. The summed E-state index contributed by atoms with van der Waals surface area (Å²) in [6.07, 6.45) is 1.25. The van der Waals surface area contributed by atoms with Crippen LogP contribution in [0.25, 0.3) is 10.2 Å². The van der Waals surface area contributed by atoms with E-state index < -0.39 is 5.60 Å². The molecule has 0 spiro atoms. The van der Waals surface area contributed by atoms with Gasteiger partial charge in [-0.1, -0.05) is 51.2 Å². The van der Waals surface area contributed by atoms with E-state index >= 15 is 0 Å². The Labute approximate surface area is 193 Å². The van der Waals surface area contributed by atoms with Crippen LogP contribution in [0.2, 0.25) is 0 Å². The van der Waals surface area contributed by atoms with E-state index in [1.54, 1.807) is 19.9 Å². The zero-order chi connectivity index (χ0) is 23.5. The highest BCUT2D eigenvalue weighted by Gasteiger charge is 2.30. The number of anilines is 2. The summed E-state index contributed by atoms with van der Waals surface area (Å²) in [7, 11) is 0. The van der Waals surface area contributed by atoms with Gasteiger partial charge in [0, 0.05) is 12.1 Å². The molecule has 1 heterocycles. The standard InChI is InChI=1S/C25H31N3O3S/c1-7-8-21(29)28-23-27-19-14-11-17(15-20(19)32-23)26-22(30)25(5,6)31-18-12-9-16(10-13-18)24(2,3)4/h9-15H,7-8H2,1-6H3,(H,26,30)(H,27,28,29). The predicted molar refractivity (Wildman–Crippen MR) is 132 cm³/mol. The van der Waals surface area contributed by atoms with Crippen LogP contribution in [0.1, 0.15) is 59.9 Å². The molecule has 170 valence electrons. The topological polar surface area (TPSA) is 80.3 Å². The lowest BCUT2D eigenvalue weighted by molar-refractivity contribution is -0.128. The third kappa shape index (κ3) is 5.85. The zero-order valence-electron chi connectivity index (χ0n) is 19.5. The molecular formula is C25H31N3O3S. The molecule has 0 radical (unpaired) electrons. The van der Waals surface area contributed by atoms with Crippen LogP contribution >= 0.6 is 11.3 Å². The van der Waals surface area contributed by atoms with E-state index in [0.717, 1.165) is 16.6 Å². The summed E-state index contributed by atoms with van der Waals surface area (Å²) in [6, 6.07) is 13.3. The number of carbonyl (C=O) groups is 2. The minimum atomic E-state index is -1.06. The number of ether oxygens (including phenoxy) is 1. The van der Waals surface area contributed by atoms with E-state index in [4.69, 9.17) is 4.74 Å². The number of thiazole rings is 1. The highest BCUT2D eigenvalue weighted by atomic mass is 32.1. The van der Waals surface area contributed by atoms with Gasteiger partial charge >= 0.3 is 0 Å². The SMILES string of the molecule is CCCC(=O)Nc1nc2ccc(NC(=O)C(C)(C)Oc3ccc(C(C)(C)C)cc3)cc2s1. The van der Waals surface area contributed by atoms with Crippen LogP contribution in [0.15, 0.2) is 42.5 Å². The van der Waals surface area contributed by atoms with Crippen molar-refractivity contribution in [1.29, 1.82) is 0 Å². The summed E-state index contributed by atoms with van der Waals surface area (Å²) in [6.45, 7) is 11.9. The first-order valence-electron chi connectivity index (χ1n) is 10.8. The van der Waals surface area contributed by atoms with Crippen LogP contribution in [0.3, 0.4) is 0 Å². The van der Waals surface area contributed by atoms with Crippen molar-refractivity contribution < 1.29 is 14.3 Å². The normalized spacial score (nSPS) is 11.9. The van der Waals surface area contributed by atoms with Crippen molar-refractivity contribution in [1.82, 2.24) is 4.98 Å². The highest BCUT2D eigenvalue weighted by Crippen LogP contribution is 2.30. The smallest absolute Gasteiger partial charge is 0.267 e. The van der Waals surface area contributed by atoms with E-state index in [-0.39, 0.29) is 17.2 Å². The number of carbonyl (C=O) groups excluding carboxylic acids is 2. The van der Waals surface area contributed by atoms with Crippen LogP contribution in [-0.4, -0.2) is 22.4 Å². The summed E-state index contributed by atoms with van der Waals surface area (Å²) < 4.78 is 6.87. The largest absolute Gasteiger partial charge is 0.478 e. The maximum absolute atomic E-state index is 12.9. The third-order valence-electron chi connectivity index (χ3n) is 5.01. The average molecular weight is 454 g/mol. The molecule has 3 aromatic rings. The number of hydrogen-bond donors (Lipinski definition) is 2. The maximum Gasteiger partial charge on any atom is 0.267 e. The second-order valence-corrected chi connectivity index (χ2v) is 10.4. The van der Waals surface area contributed by atoms with E-state index in [0.29, 0.717) is 23.0 Å². The minimum Gasteiger partial charge on any atom is -0.478 e. The number of rotatable bonds is 7. The molecule has 2 amide bonds. The summed E-state index contributed by atoms with van der Waals surface area (Å²) in [5, 5.41) is 6.31. The van der Waals surface area contributed by atoms with Crippen LogP contribution in [0, 0.1) is 0 Å². The van der Waals surface area contributed by atoms with Crippen LogP contribution in [-0.2, 0) is 15.0 Å². The van der Waals surface area contributed by atoms with Crippen molar-refractivity contribution >= 4 is 44.2 Å². The molecule has 0 atom stereocenters. The number of benzene rings is 2. The molecule has 0 aliphatic rings. The molecule has 3 rings (SSSR count). The van der Waals surface area contributed by atoms with Gasteiger partial charge in [0.15, 0.2) is 10.7 Å². The first-order chi connectivity index (χ1) is 15.0. The molecule has 1 aromatic heterocycles. The third-order valence-corrected chi connectivity index (χ3v) is 5.94. The number of nitrogens with one attached hydrogen (secondary N) is 2. The Bertz CT molecular complexity index is 1110. The fraction of sp³-hybridized carbons (Fsp3) is 0.400. The Morgan fingerprint density at radius 1 is 1.00 bits per heavy atom. The Morgan fingerprint density at radius 2 is 1.69 bits per heavy atom. The monoisotopic (exact) mass is 453 g/mol. The fourth-order valence-electron chi connectivity index (χ4n) is 3.11. The first kappa shape index (κ1) is 23.7. The predicted octanol–water partition coefficient (Wildman–Crippen LogP) is 6.13. The molecule has 0 unspecified atom stereocenters. The zero-order valence-corrected chi connectivity index (χ0v) is 20.4. The molecule has 7 heteroatoms. The van der Waals surface area contributed by atoms with Gasteiger partial charge in [0.25, 0.3) is 5.91 Å². The summed E-state index contributed by atoms with van der Waals surface area (Å²) in [5.41, 5.74) is 1.62. The second-order valence-electron chi connectivity index (χ2n) is 9.34. The maximum atomic E-state index is 12.9.